The van der Waals surface area contributed by atoms with Crippen LogP contribution in [0.25, 0.3) is 0 Å². The first-order valence-corrected chi connectivity index (χ1v) is 5.31. The quantitative estimate of drug-likeness (QED) is 0.710. The molecule has 0 radical (unpaired) electrons. The van der Waals surface area contributed by atoms with Crippen LogP contribution in [0.1, 0.15) is 12.6 Å². The molecule has 1 rings (SSSR count). The largest absolute Gasteiger partial charge is 0.344 e. The van der Waals surface area contributed by atoms with Gasteiger partial charge in [-0.2, -0.15) is 0 Å². The molecule has 0 aliphatic rings. The van der Waals surface area contributed by atoms with E-state index < -0.39 is 0 Å². The van der Waals surface area contributed by atoms with E-state index in [1.54, 1.807) is 0 Å². The third kappa shape index (κ3) is 2.83. The van der Waals surface area contributed by atoms with Crippen molar-refractivity contribution >= 4 is 5.95 Å². The lowest BCUT2D eigenvalue weighted by Gasteiger charge is -2.17. The van der Waals surface area contributed by atoms with Crippen molar-refractivity contribution in [2.45, 2.75) is 19.9 Å². The fourth-order valence-corrected chi connectivity index (χ4v) is 1.50. The summed E-state index contributed by atoms with van der Waals surface area (Å²) in [5.41, 5.74) is 6.64. The van der Waals surface area contributed by atoms with Gasteiger partial charge in [0.2, 0.25) is 5.95 Å². The van der Waals surface area contributed by atoms with E-state index in [4.69, 9.17) is 5.73 Å². The smallest absolute Gasteiger partial charge is 0.205 e. The number of hydrogen-bond acceptors (Lipinski definition) is 3. The molecule has 0 saturated heterocycles. The second-order valence-corrected chi connectivity index (χ2v) is 3.54. The highest BCUT2D eigenvalue weighted by Gasteiger charge is 2.09. The molecule has 0 atom stereocenters. The van der Waals surface area contributed by atoms with Gasteiger partial charge in [0.1, 0.15) is 0 Å². The third-order valence-electron chi connectivity index (χ3n) is 2.30. The zero-order valence-corrected chi connectivity index (χ0v) is 9.61. The Morgan fingerprint density at radius 3 is 2.93 bits per heavy atom. The van der Waals surface area contributed by atoms with Crippen molar-refractivity contribution in [3.8, 4) is 0 Å². The molecule has 4 heteroatoms. The van der Waals surface area contributed by atoms with E-state index >= 15 is 0 Å². The van der Waals surface area contributed by atoms with Crippen LogP contribution in [0.2, 0.25) is 0 Å². The number of rotatable bonds is 6. The van der Waals surface area contributed by atoms with Crippen molar-refractivity contribution in [3.63, 3.8) is 0 Å². The summed E-state index contributed by atoms with van der Waals surface area (Å²) in [6, 6.07) is 0. The molecular weight excluding hydrogens is 188 g/mol. The molecule has 0 amide bonds. The van der Waals surface area contributed by atoms with Crippen LogP contribution < -0.4 is 10.6 Å². The number of nitrogens with two attached hydrogens (primary N) is 1. The van der Waals surface area contributed by atoms with Crippen LogP contribution in [0.4, 0.5) is 5.95 Å². The van der Waals surface area contributed by atoms with Crippen LogP contribution in [-0.2, 0) is 13.0 Å². The molecule has 15 heavy (non-hydrogen) atoms. The maximum atomic E-state index is 5.53. The summed E-state index contributed by atoms with van der Waals surface area (Å²) in [5.74, 6) is 0.970. The molecule has 1 heterocycles. The van der Waals surface area contributed by atoms with Gasteiger partial charge >= 0.3 is 0 Å². The fourth-order valence-electron chi connectivity index (χ4n) is 1.50. The average Bonchev–Trinajstić information content (AvgIpc) is 2.62. The molecule has 1 aromatic heterocycles. The van der Waals surface area contributed by atoms with Gasteiger partial charge < -0.3 is 15.2 Å². The molecule has 0 saturated carbocycles. The molecule has 0 aliphatic heterocycles. The topological polar surface area (TPSA) is 47.1 Å². The molecule has 0 bridgehead atoms. The van der Waals surface area contributed by atoms with Gasteiger partial charge in [-0.3, -0.25) is 0 Å². The lowest BCUT2D eigenvalue weighted by atomic mass is 10.4. The Kier molecular flexibility index (Phi) is 4.37. The van der Waals surface area contributed by atoms with Crippen LogP contribution in [0.3, 0.4) is 0 Å². The van der Waals surface area contributed by atoms with E-state index in [1.807, 2.05) is 13.1 Å². The number of imidazole rings is 1. The minimum absolute atomic E-state index is 0.638. The number of likely N-dealkylation sites (N-methyl/N-ethyl adjacent to an activating group) is 1. The molecule has 0 spiro atoms. The standard InChI is InChI=1S/C11H20N4/c1-4-7-15-9-10(5-2)13-11(15)14(3)8-6-12/h4,9H,1,5-8,12H2,2-3H3. The summed E-state index contributed by atoms with van der Waals surface area (Å²) in [6.07, 6.45) is 4.90. The molecule has 0 aromatic carbocycles. The van der Waals surface area contributed by atoms with Crippen LogP contribution in [-0.4, -0.2) is 29.7 Å². The Hall–Kier alpha value is -1.29. The van der Waals surface area contributed by atoms with E-state index in [0.717, 1.165) is 31.2 Å². The molecule has 4 nitrogen and oxygen atoms in total. The van der Waals surface area contributed by atoms with Crippen LogP contribution in [0.5, 0.6) is 0 Å². The molecule has 2 N–H and O–H groups in total. The Bertz CT molecular complexity index is 316. The van der Waals surface area contributed by atoms with Crippen LogP contribution >= 0.6 is 0 Å². The highest BCUT2D eigenvalue weighted by molar-refractivity contribution is 5.32. The highest BCUT2D eigenvalue weighted by atomic mass is 15.3. The normalized spacial score (nSPS) is 10.3. The summed E-state index contributed by atoms with van der Waals surface area (Å²) in [4.78, 5) is 6.62. The predicted molar refractivity (Wildman–Crippen MR) is 64.1 cm³/mol. The molecule has 0 fully saturated rings. The Morgan fingerprint density at radius 2 is 2.40 bits per heavy atom. The van der Waals surface area contributed by atoms with Gasteiger partial charge in [0.25, 0.3) is 0 Å². The first kappa shape index (κ1) is 11.8. The van der Waals surface area contributed by atoms with Crippen molar-refractivity contribution in [2.75, 3.05) is 25.0 Å². The van der Waals surface area contributed by atoms with Gasteiger partial charge in [0.05, 0.1) is 5.69 Å². The van der Waals surface area contributed by atoms with Crippen LogP contribution in [0, 0.1) is 0 Å². The van der Waals surface area contributed by atoms with Crippen molar-refractivity contribution in [2.24, 2.45) is 5.73 Å². The van der Waals surface area contributed by atoms with Gasteiger partial charge in [-0.15, -0.1) is 6.58 Å². The second kappa shape index (κ2) is 5.56. The molecule has 84 valence electrons. The van der Waals surface area contributed by atoms with Crippen molar-refractivity contribution in [1.29, 1.82) is 0 Å². The van der Waals surface area contributed by atoms with E-state index in [9.17, 15) is 0 Å². The first-order valence-electron chi connectivity index (χ1n) is 5.31. The Balaban J connectivity index is 2.91. The first-order chi connectivity index (χ1) is 7.22. The van der Waals surface area contributed by atoms with Gasteiger partial charge in [-0.1, -0.05) is 13.0 Å². The number of allylic oxidation sites excluding steroid dienone is 1. The summed E-state index contributed by atoms with van der Waals surface area (Å²) in [5, 5.41) is 0. The second-order valence-electron chi connectivity index (χ2n) is 3.54. The summed E-state index contributed by atoms with van der Waals surface area (Å²) in [7, 11) is 2.01. The Labute approximate surface area is 91.4 Å². The van der Waals surface area contributed by atoms with Crippen molar-refractivity contribution < 1.29 is 0 Å². The lowest BCUT2D eigenvalue weighted by Crippen LogP contribution is -2.27. The number of hydrogen-bond donors (Lipinski definition) is 1. The summed E-state index contributed by atoms with van der Waals surface area (Å²) < 4.78 is 2.10. The minimum Gasteiger partial charge on any atom is -0.344 e. The van der Waals surface area contributed by atoms with E-state index in [0.29, 0.717) is 6.54 Å². The number of nitrogens with zero attached hydrogens (tertiary/aromatic N) is 3. The molecule has 0 unspecified atom stereocenters. The summed E-state index contributed by atoms with van der Waals surface area (Å²) >= 11 is 0. The highest BCUT2D eigenvalue weighted by Crippen LogP contribution is 2.13. The SMILES string of the molecule is C=CCn1cc(CC)nc1N(C)CCN. The van der Waals surface area contributed by atoms with Crippen molar-refractivity contribution in [1.82, 2.24) is 9.55 Å². The Morgan fingerprint density at radius 1 is 1.67 bits per heavy atom. The van der Waals surface area contributed by atoms with E-state index in [2.05, 4.69) is 34.2 Å². The van der Waals surface area contributed by atoms with Gasteiger partial charge in [-0.25, -0.2) is 4.98 Å². The maximum Gasteiger partial charge on any atom is 0.205 e. The average molecular weight is 208 g/mol. The maximum absolute atomic E-state index is 5.53. The monoisotopic (exact) mass is 208 g/mol. The third-order valence-corrected chi connectivity index (χ3v) is 2.30. The van der Waals surface area contributed by atoms with Crippen molar-refractivity contribution in [3.05, 3.63) is 24.5 Å². The zero-order valence-electron chi connectivity index (χ0n) is 9.61. The minimum atomic E-state index is 0.638. The van der Waals surface area contributed by atoms with Gasteiger partial charge in [-0.05, 0) is 6.42 Å². The number of anilines is 1. The summed E-state index contributed by atoms with van der Waals surface area (Å²) in [6.45, 7) is 8.09. The zero-order chi connectivity index (χ0) is 11.3. The fraction of sp³-hybridized carbons (Fsp3) is 0.545. The van der Waals surface area contributed by atoms with Gasteiger partial charge in [0, 0.05) is 32.9 Å². The molecule has 0 aliphatic carbocycles. The predicted octanol–water partition coefficient (Wildman–Crippen LogP) is 1.03. The van der Waals surface area contributed by atoms with E-state index in [1.165, 1.54) is 0 Å². The van der Waals surface area contributed by atoms with Gasteiger partial charge in [0.15, 0.2) is 0 Å². The lowest BCUT2D eigenvalue weighted by molar-refractivity contribution is 0.760. The number of aryl methyl sites for hydroxylation is 1. The molecule has 1 aromatic rings. The van der Waals surface area contributed by atoms with Crippen LogP contribution in [0.15, 0.2) is 18.9 Å². The molecular formula is C11H20N4. The van der Waals surface area contributed by atoms with E-state index in [-0.39, 0.29) is 0 Å². The number of aromatic nitrogens is 2.